The number of unbranched alkanes of at least 4 members (excludes halogenated alkanes) is 1. The molecule has 0 spiro atoms. The van der Waals surface area contributed by atoms with Gasteiger partial charge in [0.05, 0.1) is 17.8 Å². The second-order valence-electron chi connectivity index (χ2n) is 5.95. The molecule has 0 atom stereocenters. The number of anilines is 2. The van der Waals surface area contributed by atoms with Gasteiger partial charge in [0, 0.05) is 41.1 Å². The van der Waals surface area contributed by atoms with Crippen molar-refractivity contribution in [3.8, 4) is 11.1 Å². The monoisotopic (exact) mass is 421 g/mol. The first-order valence-corrected chi connectivity index (χ1v) is 9.93. The fraction of sp³-hybridized carbons (Fsp3) is 0.300. The van der Waals surface area contributed by atoms with Gasteiger partial charge in [0.25, 0.3) is 0 Å². The van der Waals surface area contributed by atoms with Crippen molar-refractivity contribution >= 4 is 50.5 Å². The number of hydrogen-bond acceptors (Lipinski definition) is 7. The quantitative estimate of drug-likeness (QED) is 0.444. The number of nitrogen functional groups attached to an aromatic ring is 2. The number of halogens is 1. The van der Waals surface area contributed by atoms with Crippen LogP contribution in [0, 0.1) is 0 Å². The fourth-order valence-electron chi connectivity index (χ4n) is 2.54. The number of esters is 1. The van der Waals surface area contributed by atoms with Crippen LogP contribution >= 0.6 is 22.9 Å². The summed E-state index contributed by atoms with van der Waals surface area (Å²) in [6, 6.07) is 7.31. The molecule has 0 aliphatic rings. The molecule has 0 fully saturated rings. The van der Waals surface area contributed by atoms with Crippen molar-refractivity contribution in [2.24, 2.45) is 0 Å². The summed E-state index contributed by atoms with van der Waals surface area (Å²) in [6.45, 7) is 3.07. The van der Waals surface area contributed by atoms with Gasteiger partial charge in [-0.25, -0.2) is 9.78 Å². The average molecular weight is 422 g/mol. The molecule has 1 aromatic carbocycles. The van der Waals surface area contributed by atoms with Gasteiger partial charge in [-0.3, -0.25) is 0 Å². The van der Waals surface area contributed by atoms with Crippen LogP contribution in [0.25, 0.3) is 21.2 Å². The number of fused-ring (bicyclic) bond motifs is 1. The van der Waals surface area contributed by atoms with Crippen LogP contribution in [0.2, 0.25) is 5.02 Å². The first kappa shape index (κ1) is 21.9. The van der Waals surface area contributed by atoms with Gasteiger partial charge in [-0.15, -0.1) is 11.3 Å². The van der Waals surface area contributed by atoms with Crippen molar-refractivity contribution in [1.82, 2.24) is 4.98 Å². The highest BCUT2D eigenvalue weighted by Gasteiger charge is 2.19. The number of nitrogens with two attached hydrogens (primary N) is 2. The number of aromatic nitrogens is 1. The molecule has 3 rings (SSSR count). The Labute approximate surface area is 173 Å². The number of hydrogen-bond donors (Lipinski definition) is 2. The van der Waals surface area contributed by atoms with E-state index in [1.54, 1.807) is 13.2 Å². The SMILES string of the molecule is CCCCOC.COC(=O)c1sc2c(-c3cc(N)ncc3Cl)cccc2c1N. The van der Waals surface area contributed by atoms with Gasteiger partial charge < -0.3 is 20.9 Å². The maximum absolute atomic E-state index is 11.8. The number of nitrogens with zero attached hydrogens (tertiary/aromatic N) is 1. The van der Waals surface area contributed by atoms with Crippen molar-refractivity contribution in [3.05, 3.63) is 40.4 Å². The van der Waals surface area contributed by atoms with E-state index in [-0.39, 0.29) is 0 Å². The Kier molecular flexibility index (Phi) is 8.04. The van der Waals surface area contributed by atoms with E-state index in [1.807, 2.05) is 18.2 Å². The molecule has 150 valence electrons. The van der Waals surface area contributed by atoms with Gasteiger partial charge in [0.15, 0.2) is 0 Å². The van der Waals surface area contributed by atoms with E-state index in [2.05, 4.69) is 11.9 Å². The minimum absolute atomic E-state index is 0.370. The van der Waals surface area contributed by atoms with Gasteiger partial charge in [-0.2, -0.15) is 0 Å². The molecule has 4 N–H and O–H groups in total. The van der Waals surface area contributed by atoms with Crippen molar-refractivity contribution < 1.29 is 14.3 Å². The maximum Gasteiger partial charge on any atom is 0.350 e. The molecular weight excluding hydrogens is 398 g/mol. The summed E-state index contributed by atoms with van der Waals surface area (Å²) in [5, 5.41) is 1.27. The smallest absolute Gasteiger partial charge is 0.350 e. The molecule has 3 aromatic rings. The van der Waals surface area contributed by atoms with Crippen molar-refractivity contribution in [1.29, 1.82) is 0 Å². The number of ether oxygens (including phenoxy) is 2. The van der Waals surface area contributed by atoms with Gasteiger partial charge in [0.2, 0.25) is 0 Å². The van der Waals surface area contributed by atoms with Gasteiger partial charge in [0.1, 0.15) is 10.7 Å². The number of thiophene rings is 1. The zero-order valence-electron chi connectivity index (χ0n) is 16.1. The molecule has 0 amide bonds. The Morgan fingerprint density at radius 3 is 2.61 bits per heavy atom. The standard InChI is InChI=1S/C15H12ClN3O2S.C5H12O/c1-21-15(20)14-12(18)8-4-2-3-7(13(8)22-14)9-5-11(17)19-6-10(9)16;1-3-4-5-6-2/h2-6H,18H2,1H3,(H2,17,19);3-5H2,1-2H3. The third kappa shape index (κ3) is 4.92. The number of carbonyl (C=O) groups is 1. The summed E-state index contributed by atoms with van der Waals surface area (Å²) in [4.78, 5) is 16.2. The first-order valence-electron chi connectivity index (χ1n) is 8.74. The van der Waals surface area contributed by atoms with E-state index in [0.717, 1.165) is 27.8 Å². The Hall–Kier alpha value is -2.35. The predicted octanol–water partition coefficient (Wildman–Crippen LogP) is 5.00. The highest BCUT2D eigenvalue weighted by Crippen LogP contribution is 2.42. The lowest BCUT2D eigenvalue weighted by Gasteiger charge is -2.06. The van der Waals surface area contributed by atoms with Crippen LogP contribution in [0.1, 0.15) is 29.4 Å². The number of pyridine rings is 1. The summed E-state index contributed by atoms with van der Waals surface area (Å²) in [5.74, 6) is -0.0842. The van der Waals surface area contributed by atoms with E-state index < -0.39 is 5.97 Å². The summed E-state index contributed by atoms with van der Waals surface area (Å²) in [6.07, 6.45) is 3.92. The summed E-state index contributed by atoms with van der Waals surface area (Å²) in [5.41, 5.74) is 13.8. The van der Waals surface area contributed by atoms with Crippen LogP contribution in [0.3, 0.4) is 0 Å². The minimum atomic E-state index is -0.454. The van der Waals surface area contributed by atoms with E-state index in [4.69, 9.17) is 32.5 Å². The lowest BCUT2D eigenvalue weighted by Crippen LogP contribution is -2.01. The Bertz CT molecular complexity index is 955. The molecule has 0 aliphatic heterocycles. The normalized spacial score (nSPS) is 10.4. The molecule has 0 unspecified atom stereocenters. The third-order valence-electron chi connectivity index (χ3n) is 3.99. The van der Waals surface area contributed by atoms with Gasteiger partial charge in [-0.1, -0.05) is 43.1 Å². The van der Waals surface area contributed by atoms with Crippen LogP contribution in [0.15, 0.2) is 30.5 Å². The Morgan fingerprint density at radius 1 is 1.25 bits per heavy atom. The maximum atomic E-state index is 11.8. The molecule has 2 aromatic heterocycles. The highest BCUT2D eigenvalue weighted by atomic mass is 35.5. The molecule has 2 heterocycles. The Morgan fingerprint density at radius 2 is 2.00 bits per heavy atom. The van der Waals surface area contributed by atoms with Crippen LogP contribution in [-0.2, 0) is 9.47 Å². The topological polar surface area (TPSA) is 100 Å². The molecule has 6 nitrogen and oxygen atoms in total. The lowest BCUT2D eigenvalue weighted by atomic mass is 10.0. The largest absolute Gasteiger partial charge is 0.465 e. The van der Waals surface area contributed by atoms with Crippen LogP contribution < -0.4 is 11.5 Å². The first-order chi connectivity index (χ1) is 13.4. The summed E-state index contributed by atoms with van der Waals surface area (Å²) >= 11 is 7.50. The average Bonchev–Trinajstić information content (AvgIpc) is 3.05. The molecule has 0 bridgehead atoms. The minimum Gasteiger partial charge on any atom is -0.465 e. The molecule has 0 radical (unpaired) electrons. The van der Waals surface area contributed by atoms with Crippen LogP contribution in [0.4, 0.5) is 11.5 Å². The predicted molar refractivity (Wildman–Crippen MR) is 117 cm³/mol. The zero-order valence-corrected chi connectivity index (χ0v) is 17.7. The summed E-state index contributed by atoms with van der Waals surface area (Å²) < 4.78 is 10.4. The second-order valence-corrected chi connectivity index (χ2v) is 7.38. The van der Waals surface area contributed by atoms with Crippen molar-refractivity contribution in [2.45, 2.75) is 19.8 Å². The third-order valence-corrected chi connectivity index (χ3v) is 5.53. The number of rotatable bonds is 5. The van der Waals surface area contributed by atoms with E-state index >= 15 is 0 Å². The van der Waals surface area contributed by atoms with Crippen molar-refractivity contribution in [2.75, 3.05) is 32.3 Å². The second kappa shape index (κ2) is 10.3. The van der Waals surface area contributed by atoms with Crippen molar-refractivity contribution in [3.63, 3.8) is 0 Å². The molecule has 8 heteroatoms. The number of carbonyl (C=O) groups excluding carboxylic acids is 1. The number of methoxy groups -OCH3 is 2. The van der Waals surface area contributed by atoms with Crippen LogP contribution in [-0.4, -0.2) is 31.8 Å². The van der Waals surface area contributed by atoms with Gasteiger partial charge >= 0.3 is 5.97 Å². The van der Waals surface area contributed by atoms with Gasteiger partial charge in [-0.05, 0) is 12.5 Å². The molecule has 0 saturated heterocycles. The zero-order chi connectivity index (χ0) is 20.7. The molecule has 0 aliphatic carbocycles. The highest BCUT2D eigenvalue weighted by molar-refractivity contribution is 7.22. The fourth-order valence-corrected chi connectivity index (χ4v) is 3.92. The van der Waals surface area contributed by atoms with E-state index in [9.17, 15) is 4.79 Å². The molecular formula is C20H24ClN3O3S. The molecule has 0 saturated carbocycles. The van der Waals surface area contributed by atoms with E-state index in [1.165, 1.54) is 37.5 Å². The number of benzene rings is 1. The lowest BCUT2D eigenvalue weighted by molar-refractivity contribution is 0.0607. The van der Waals surface area contributed by atoms with E-state index in [0.29, 0.717) is 21.4 Å². The molecule has 28 heavy (non-hydrogen) atoms. The van der Waals surface area contributed by atoms with Crippen LogP contribution in [0.5, 0.6) is 0 Å². The summed E-state index contributed by atoms with van der Waals surface area (Å²) in [7, 11) is 3.06. The Balaban J connectivity index is 0.000000409.